The summed E-state index contributed by atoms with van der Waals surface area (Å²) in [5, 5.41) is 2.18. The summed E-state index contributed by atoms with van der Waals surface area (Å²) < 4.78 is 6.97. The molecule has 1 atom stereocenters. The Hall–Kier alpha value is -9.20. The molecule has 3 aromatic heterocycles. The van der Waals surface area contributed by atoms with Crippen LogP contribution in [-0.2, 0) is 11.8 Å². The number of aromatic nitrogens is 6. The van der Waals surface area contributed by atoms with E-state index in [0.29, 0.717) is 41.4 Å². The van der Waals surface area contributed by atoms with Crippen molar-refractivity contribution in [2.24, 2.45) is 0 Å². The van der Waals surface area contributed by atoms with Crippen LogP contribution in [0.1, 0.15) is 60.3 Å². The van der Waals surface area contributed by atoms with Crippen molar-refractivity contribution >= 4 is 27.5 Å². The number of furan rings is 1. The number of hydrogen-bond donors (Lipinski definition) is 0. The number of allylic oxidation sites excluding steroid dienone is 6. The average molecular weight is 941 g/mol. The molecular weight excluding hydrogens is 893 g/mol. The topological polar surface area (TPSA) is 90.5 Å². The number of para-hydroxylation sites is 1. The molecule has 0 fully saturated rings. The monoisotopic (exact) mass is 940 g/mol. The van der Waals surface area contributed by atoms with Crippen LogP contribution < -0.4 is 0 Å². The molecule has 0 aliphatic heterocycles. The summed E-state index contributed by atoms with van der Waals surface area (Å²) in [5.74, 6) is 3.81. The van der Waals surface area contributed by atoms with Crippen LogP contribution in [-0.4, -0.2) is 29.9 Å². The third-order valence-corrected chi connectivity index (χ3v) is 14.3. The van der Waals surface area contributed by atoms with Crippen molar-refractivity contribution in [1.82, 2.24) is 29.9 Å². The summed E-state index contributed by atoms with van der Waals surface area (Å²) in [4.78, 5) is 31.1. The Bertz CT molecular complexity index is 3950. The zero-order chi connectivity index (χ0) is 48.9. The maximum atomic E-state index is 6.97. The normalized spacial score (nSPS) is 17.0. The van der Waals surface area contributed by atoms with Gasteiger partial charge < -0.3 is 4.42 Å². The van der Waals surface area contributed by atoms with Gasteiger partial charge in [0.25, 0.3) is 0 Å². The van der Waals surface area contributed by atoms with Crippen LogP contribution in [0.2, 0.25) is 0 Å². The smallest absolute Gasteiger partial charge is 0.164 e. The molecule has 3 aliphatic rings. The lowest BCUT2D eigenvalue weighted by Crippen LogP contribution is -2.26. The molecule has 8 aromatic carbocycles. The minimum atomic E-state index is -0.768. The molecular formula is C66H48N6O. The van der Waals surface area contributed by atoms with Gasteiger partial charge in [0.2, 0.25) is 0 Å². The van der Waals surface area contributed by atoms with Crippen molar-refractivity contribution in [3.63, 3.8) is 0 Å². The van der Waals surface area contributed by atoms with Crippen molar-refractivity contribution in [3.05, 3.63) is 258 Å². The molecule has 7 nitrogen and oxygen atoms in total. The quantitative estimate of drug-likeness (QED) is 0.157. The lowest BCUT2D eigenvalue weighted by Gasteiger charge is -2.31. The van der Waals surface area contributed by atoms with Gasteiger partial charge in [-0.3, -0.25) is 0 Å². The maximum Gasteiger partial charge on any atom is 0.164 e. The van der Waals surface area contributed by atoms with E-state index in [1.165, 1.54) is 22.3 Å². The lowest BCUT2D eigenvalue weighted by atomic mass is 9.69. The van der Waals surface area contributed by atoms with E-state index < -0.39 is 5.41 Å². The Labute approximate surface area is 424 Å². The predicted octanol–water partition coefficient (Wildman–Crippen LogP) is 15.9. The Morgan fingerprint density at radius 1 is 0.452 bits per heavy atom. The Morgan fingerprint density at radius 3 is 1.60 bits per heavy atom. The van der Waals surface area contributed by atoms with Crippen LogP contribution in [0, 0.1) is 0 Å². The fourth-order valence-electron chi connectivity index (χ4n) is 11.1. The molecule has 7 heteroatoms. The Kier molecular flexibility index (Phi) is 10.9. The van der Waals surface area contributed by atoms with Crippen molar-refractivity contribution in [1.29, 1.82) is 0 Å². The summed E-state index contributed by atoms with van der Waals surface area (Å²) in [6.07, 6.45) is 11.7. The first-order chi connectivity index (χ1) is 36.2. The molecule has 0 radical (unpaired) electrons. The molecule has 0 N–H and O–H groups in total. The number of fused-ring (bicyclic) bond motifs is 14. The van der Waals surface area contributed by atoms with Crippen LogP contribution in [0.3, 0.4) is 0 Å². The largest absolute Gasteiger partial charge is 0.455 e. The van der Waals surface area contributed by atoms with Crippen LogP contribution in [0.25, 0.3) is 95.6 Å². The highest BCUT2D eigenvalue weighted by Crippen LogP contribution is 2.66. The molecule has 0 bridgehead atoms. The molecule has 348 valence electrons. The second-order valence-corrected chi connectivity index (χ2v) is 18.4. The second kappa shape index (κ2) is 18.2. The van der Waals surface area contributed by atoms with E-state index in [-0.39, 0.29) is 0 Å². The molecule has 3 heterocycles. The Balaban J connectivity index is 0.00000255. The molecule has 73 heavy (non-hydrogen) atoms. The highest BCUT2D eigenvalue weighted by atomic mass is 16.3. The third kappa shape index (κ3) is 7.34. The molecule has 1 spiro atoms. The standard InChI is InChI=1S/C64H42N6O.C2H6/c1-2-16-29-51-46(27-15-1)47-33-31-44(62-66-56(37-40-19-7-3-8-20-40)65-59(67-62)41-21-9-4-10-22-41)38-53(47)64(51)52-36-35-49-48-28-17-18-30-55(48)71-58(49)57(52)50-34-32-45(39-54(50)64)63-69-60(42-23-11-5-12-24-42)68-61(70-63)43-25-13-6-14-26-43;1-2/h1,3-15,17-36,38-39H,2,16,37H2;1-2H3/b15-1-,46-27-,51-29+;. The van der Waals surface area contributed by atoms with Crippen molar-refractivity contribution in [2.45, 2.75) is 38.5 Å². The average Bonchev–Trinajstić information content (AvgIpc) is 4.09. The van der Waals surface area contributed by atoms with Gasteiger partial charge in [-0.25, -0.2) is 29.9 Å². The van der Waals surface area contributed by atoms with Crippen molar-refractivity contribution in [2.75, 3.05) is 0 Å². The van der Waals surface area contributed by atoms with E-state index in [0.717, 1.165) is 90.4 Å². The van der Waals surface area contributed by atoms with Crippen LogP contribution >= 0.6 is 0 Å². The van der Waals surface area contributed by atoms with E-state index in [2.05, 4.69) is 152 Å². The van der Waals surface area contributed by atoms with E-state index in [9.17, 15) is 0 Å². The first-order valence-electron chi connectivity index (χ1n) is 25.2. The van der Waals surface area contributed by atoms with Crippen LogP contribution in [0.5, 0.6) is 0 Å². The highest BCUT2D eigenvalue weighted by molar-refractivity contribution is 6.14. The summed E-state index contributed by atoms with van der Waals surface area (Å²) in [7, 11) is 0. The zero-order valence-electron chi connectivity index (χ0n) is 40.5. The molecule has 14 rings (SSSR count). The number of nitrogens with zero attached hydrogens (tertiary/aromatic N) is 6. The predicted molar refractivity (Wildman–Crippen MR) is 294 cm³/mol. The van der Waals surface area contributed by atoms with Crippen molar-refractivity contribution in [3.8, 4) is 68.1 Å². The molecule has 0 amide bonds. The van der Waals surface area contributed by atoms with Gasteiger partial charge in [0.05, 0.1) is 5.41 Å². The molecule has 1 unspecified atom stereocenters. The second-order valence-electron chi connectivity index (χ2n) is 18.4. The van der Waals surface area contributed by atoms with E-state index in [1.807, 2.05) is 80.6 Å². The first-order valence-corrected chi connectivity index (χ1v) is 25.2. The van der Waals surface area contributed by atoms with Gasteiger partial charge in [0, 0.05) is 50.6 Å². The fourth-order valence-corrected chi connectivity index (χ4v) is 11.1. The summed E-state index contributed by atoms with van der Waals surface area (Å²) in [6.45, 7) is 4.00. The number of hydrogen-bond acceptors (Lipinski definition) is 7. The minimum absolute atomic E-state index is 0.573. The molecule has 0 saturated carbocycles. The number of benzene rings is 8. The van der Waals surface area contributed by atoms with E-state index in [1.54, 1.807) is 0 Å². The highest BCUT2D eigenvalue weighted by Gasteiger charge is 2.54. The van der Waals surface area contributed by atoms with Gasteiger partial charge in [-0.15, -0.1) is 0 Å². The zero-order valence-corrected chi connectivity index (χ0v) is 40.5. The van der Waals surface area contributed by atoms with Gasteiger partial charge >= 0.3 is 0 Å². The van der Waals surface area contributed by atoms with Crippen molar-refractivity contribution < 1.29 is 4.42 Å². The summed E-state index contributed by atoms with van der Waals surface area (Å²) in [6, 6.07) is 67.5. The molecule has 11 aromatic rings. The van der Waals surface area contributed by atoms with Gasteiger partial charge in [0.1, 0.15) is 17.0 Å². The van der Waals surface area contributed by atoms with E-state index >= 15 is 0 Å². The maximum absolute atomic E-state index is 6.97. The van der Waals surface area contributed by atoms with Crippen LogP contribution in [0.15, 0.2) is 228 Å². The SMILES string of the molecule is C1=C/CC\C=C2/C(=C\1)c1ccc(-c3nc(Cc4ccccc4)nc(-c4ccccc4)n3)cc1C21c2cc(-c3nc(-c4ccccc4)nc(-c4ccccc4)n3)ccc2-c2c1ccc1c2oc2ccccc21.CC. The lowest BCUT2D eigenvalue weighted by molar-refractivity contribution is 0.669. The number of rotatable bonds is 7. The minimum Gasteiger partial charge on any atom is -0.455 e. The van der Waals surface area contributed by atoms with Gasteiger partial charge in [-0.1, -0.05) is 214 Å². The first kappa shape index (κ1) is 43.8. The Morgan fingerprint density at radius 2 is 0.973 bits per heavy atom. The third-order valence-electron chi connectivity index (χ3n) is 14.3. The van der Waals surface area contributed by atoms with Crippen LogP contribution in [0.4, 0.5) is 0 Å². The van der Waals surface area contributed by atoms with Gasteiger partial charge in [0.15, 0.2) is 29.1 Å². The fraction of sp³-hybridized carbons (Fsp3) is 0.0909. The molecule has 3 aliphatic carbocycles. The summed E-state index contributed by atoms with van der Waals surface area (Å²) >= 11 is 0. The summed E-state index contributed by atoms with van der Waals surface area (Å²) in [5.41, 5.74) is 16.0. The van der Waals surface area contributed by atoms with Gasteiger partial charge in [-0.2, -0.15) is 0 Å². The molecule has 0 saturated heterocycles. The van der Waals surface area contributed by atoms with E-state index in [4.69, 9.17) is 34.3 Å². The van der Waals surface area contributed by atoms with Gasteiger partial charge in [-0.05, 0) is 75.6 Å².